The molecule has 10 atom stereocenters. The summed E-state index contributed by atoms with van der Waals surface area (Å²) in [5.41, 5.74) is -5.93. The molecule has 2 heterocycles. The fourth-order valence-electron chi connectivity index (χ4n) is 6.88. The lowest BCUT2D eigenvalue weighted by molar-refractivity contribution is -0.227. The van der Waals surface area contributed by atoms with E-state index in [1.165, 1.54) is 47.6 Å². The van der Waals surface area contributed by atoms with Crippen molar-refractivity contribution < 1.29 is 57.5 Å². The van der Waals surface area contributed by atoms with Crippen LogP contribution in [0.3, 0.4) is 0 Å². The summed E-state index contributed by atoms with van der Waals surface area (Å²) in [5.74, 6) is -4.71. The highest BCUT2D eigenvalue weighted by molar-refractivity contribution is 5.89. The van der Waals surface area contributed by atoms with Crippen LogP contribution < -0.4 is 0 Å². The van der Waals surface area contributed by atoms with Gasteiger partial charge >= 0.3 is 29.8 Å². The Morgan fingerprint density at radius 3 is 1.98 bits per heavy atom. The SMILES string of the molecule is CC(=O)OC1[C@@H]2[C@@](C)(O)[C@@H](OC(C)=O)C=C[C@@]2(C)[C@H](OC(C)=O)[C@@H](OC(C)=O)C/C(C)=C\[C@H]2OC(=O)[C@@]3(C)O[C@@]123. The molecule has 0 saturated carbocycles. The topological polar surface area (TPSA) is 164 Å². The lowest BCUT2D eigenvalue weighted by atomic mass is 9.55. The van der Waals surface area contributed by atoms with Crippen molar-refractivity contribution in [2.24, 2.45) is 11.3 Å². The van der Waals surface area contributed by atoms with Crippen molar-refractivity contribution in [3.05, 3.63) is 23.8 Å². The predicted octanol–water partition coefficient (Wildman–Crippen LogP) is 1.46. The van der Waals surface area contributed by atoms with E-state index in [1.54, 1.807) is 26.0 Å². The molecule has 4 aliphatic rings. The highest BCUT2D eigenvalue weighted by Crippen LogP contribution is 2.65. The first-order valence-corrected chi connectivity index (χ1v) is 13.1. The summed E-state index contributed by atoms with van der Waals surface area (Å²) in [5, 5.41) is 12.2. The Balaban J connectivity index is 2.06. The van der Waals surface area contributed by atoms with Crippen LogP contribution in [0.5, 0.6) is 0 Å². The van der Waals surface area contributed by atoms with E-state index in [-0.39, 0.29) is 6.42 Å². The van der Waals surface area contributed by atoms with Crippen molar-refractivity contribution in [2.45, 2.75) is 109 Å². The van der Waals surface area contributed by atoms with Crippen molar-refractivity contribution in [2.75, 3.05) is 0 Å². The molecular formula is C28H36O12. The van der Waals surface area contributed by atoms with Crippen LogP contribution >= 0.6 is 0 Å². The van der Waals surface area contributed by atoms with Crippen molar-refractivity contribution >= 4 is 29.8 Å². The molecule has 0 aromatic carbocycles. The Kier molecular flexibility index (Phi) is 7.20. The molecule has 4 rings (SSSR count). The summed E-state index contributed by atoms with van der Waals surface area (Å²) in [6.45, 7) is 11.0. The van der Waals surface area contributed by atoms with E-state index >= 15 is 0 Å². The van der Waals surface area contributed by atoms with Crippen LogP contribution in [0.4, 0.5) is 0 Å². The lowest BCUT2D eigenvalue weighted by Gasteiger charge is -2.55. The van der Waals surface area contributed by atoms with Crippen LogP contribution in [0.25, 0.3) is 0 Å². The molecule has 2 aliphatic carbocycles. The number of fused-ring (bicyclic) bond motifs is 1. The van der Waals surface area contributed by atoms with Crippen molar-refractivity contribution in [3.63, 3.8) is 0 Å². The second-order valence-electron chi connectivity index (χ2n) is 11.6. The highest BCUT2D eigenvalue weighted by Gasteiger charge is 2.88. The number of carbonyl (C=O) groups excluding carboxylic acids is 5. The number of aliphatic hydroxyl groups is 1. The molecule has 1 N–H and O–H groups in total. The summed E-state index contributed by atoms with van der Waals surface area (Å²) < 4.78 is 34.7. The number of epoxide rings is 1. The fraction of sp³-hybridized carbons (Fsp3) is 0.679. The number of ether oxygens (including phenoxy) is 6. The van der Waals surface area contributed by atoms with E-state index in [1.807, 2.05) is 0 Å². The Labute approximate surface area is 231 Å². The average molecular weight is 565 g/mol. The summed E-state index contributed by atoms with van der Waals surface area (Å²) in [4.78, 5) is 62.4. The van der Waals surface area contributed by atoms with Crippen molar-refractivity contribution in [1.29, 1.82) is 0 Å². The quantitative estimate of drug-likeness (QED) is 0.227. The van der Waals surface area contributed by atoms with Gasteiger partial charge in [0, 0.05) is 45.4 Å². The van der Waals surface area contributed by atoms with Gasteiger partial charge in [0.15, 0.2) is 17.3 Å². The van der Waals surface area contributed by atoms with Crippen LogP contribution in [-0.4, -0.2) is 82.3 Å². The monoisotopic (exact) mass is 564 g/mol. The summed E-state index contributed by atoms with van der Waals surface area (Å²) in [6.07, 6.45) is -1.23. The molecule has 0 aromatic heterocycles. The third-order valence-corrected chi connectivity index (χ3v) is 8.46. The van der Waals surface area contributed by atoms with E-state index in [2.05, 4.69) is 0 Å². The molecule has 2 saturated heterocycles. The third kappa shape index (κ3) is 4.50. The number of carbonyl (C=O) groups is 5. The van der Waals surface area contributed by atoms with Gasteiger partial charge in [0.05, 0.1) is 0 Å². The molecule has 12 nitrogen and oxygen atoms in total. The van der Waals surface area contributed by atoms with Gasteiger partial charge < -0.3 is 33.5 Å². The molecule has 40 heavy (non-hydrogen) atoms. The standard InChI is InChI=1S/C28H36O12/c1-13-11-18(35-14(2)29)22(37-16(4)31)25(6)10-9-19(36-15(3)30)26(7,34)21(25)23(38-17(5)32)28-20(12-13)39-24(33)27(28,8)40-28/h9-10,12,18-23,34H,11H2,1-8H3/b13-12-/t18-,19-,20+,21-,22+,23?,25+,26-,27+,28+/m0/s1. The van der Waals surface area contributed by atoms with Crippen LogP contribution in [0, 0.1) is 11.3 Å². The third-order valence-electron chi connectivity index (χ3n) is 8.46. The minimum absolute atomic E-state index is 0.0717. The normalized spacial score (nSPS) is 44.8. The van der Waals surface area contributed by atoms with Gasteiger partial charge in [0.1, 0.15) is 30.0 Å². The second-order valence-corrected chi connectivity index (χ2v) is 11.6. The number of esters is 5. The predicted molar refractivity (Wildman–Crippen MR) is 134 cm³/mol. The lowest BCUT2D eigenvalue weighted by Crippen LogP contribution is -2.68. The number of rotatable bonds is 4. The smallest absolute Gasteiger partial charge is 0.342 e. The molecule has 2 fully saturated rings. The zero-order valence-corrected chi connectivity index (χ0v) is 23.8. The molecule has 220 valence electrons. The Bertz CT molecular complexity index is 1200. The first-order chi connectivity index (χ1) is 18.4. The summed E-state index contributed by atoms with van der Waals surface area (Å²) >= 11 is 0. The fourth-order valence-corrected chi connectivity index (χ4v) is 6.88. The van der Waals surface area contributed by atoms with Gasteiger partial charge in [0.2, 0.25) is 0 Å². The minimum atomic E-state index is -2.00. The maximum atomic E-state index is 13.1. The minimum Gasteiger partial charge on any atom is -0.459 e. The summed E-state index contributed by atoms with van der Waals surface area (Å²) in [7, 11) is 0. The Morgan fingerprint density at radius 2 is 1.45 bits per heavy atom. The van der Waals surface area contributed by atoms with Gasteiger partial charge in [-0.05, 0) is 32.9 Å². The second kappa shape index (κ2) is 9.69. The van der Waals surface area contributed by atoms with Crippen molar-refractivity contribution in [3.8, 4) is 0 Å². The molecule has 2 aliphatic heterocycles. The maximum Gasteiger partial charge on any atom is 0.342 e. The molecule has 12 heteroatoms. The molecule has 0 amide bonds. The van der Waals surface area contributed by atoms with Gasteiger partial charge in [-0.15, -0.1) is 0 Å². The van der Waals surface area contributed by atoms with Crippen molar-refractivity contribution in [1.82, 2.24) is 0 Å². The van der Waals surface area contributed by atoms with Crippen LogP contribution in [-0.2, 0) is 52.4 Å². The molecule has 0 bridgehead atoms. The highest BCUT2D eigenvalue weighted by atomic mass is 16.7. The first kappa shape index (κ1) is 29.7. The Hall–Kier alpha value is -3.25. The molecule has 1 unspecified atom stereocenters. The summed E-state index contributed by atoms with van der Waals surface area (Å²) in [6, 6.07) is 0. The van der Waals surface area contributed by atoms with Gasteiger partial charge in [-0.1, -0.05) is 18.6 Å². The van der Waals surface area contributed by atoms with E-state index in [4.69, 9.17) is 28.4 Å². The van der Waals surface area contributed by atoms with E-state index in [0.717, 1.165) is 0 Å². The molecule has 1 spiro atoms. The van der Waals surface area contributed by atoms with E-state index in [9.17, 15) is 29.1 Å². The van der Waals surface area contributed by atoms with Gasteiger partial charge in [-0.3, -0.25) is 19.2 Å². The molecular weight excluding hydrogens is 528 g/mol. The average Bonchev–Trinajstić information content (AvgIpc) is 3.38. The van der Waals surface area contributed by atoms with E-state index in [0.29, 0.717) is 5.57 Å². The van der Waals surface area contributed by atoms with Crippen LogP contribution in [0.2, 0.25) is 0 Å². The molecule has 0 aromatic rings. The first-order valence-electron chi connectivity index (χ1n) is 13.1. The number of hydrogen-bond acceptors (Lipinski definition) is 12. The van der Waals surface area contributed by atoms with Gasteiger partial charge in [-0.25, -0.2) is 4.79 Å². The van der Waals surface area contributed by atoms with E-state index < -0.39 is 88.5 Å². The number of hydrogen-bond donors (Lipinski definition) is 1. The van der Waals surface area contributed by atoms with Gasteiger partial charge in [-0.2, -0.15) is 0 Å². The largest absolute Gasteiger partial charge is 0.459 e. The zero-order chi connectivity index (χ0) is 30.0. The molecule has 0 radical (unpaired) electrons. The zero-order valence-electron chi connectivity index (χ0n) is 23.8. The van der Waals surface area contributed by atoms with Crippen LogP contribution in [0.15, 0.2) is 23.8 Å². The van der Waals surface area contributed by atoms with Crippen LogP contribution in [0.1, 0.15) is 61.8 Å². The van der Waals surface area contributed by atoms with Gasteiger partial charge in [0.25, 0.3) is 0 Å². The Morgan fingerprint density at radius 1 is 0.900 bits per heavy atom. The maximum absolute atomic E-state index is 13.1.